The van der Waals surface area contributed by atoms with Crippen LogP contribution < -0.4 is 0 Å². The molecule has 0 aromatic rings. The van der Waals surface area contributed by atoms with Crippen molar-refractivity contribution in [3.05, 3.63) is 12.7 Å². The van der Waals surface area contributed by atoms with Crippen LogP contribution in [0.25, 0.3) is 0 Å². The molecule has 1 nitrogen and oxygen atoms in total. The van der Waals surface area contributed by atoms with Gasteiger partial charge in [0.25, 0.3) is 0 Å². The van der Waals surface area contributed by atoms with Crippen molar-refractivity contribution in [2.75, 3.05) is 6.26 Å². The Hall–Kier alpha value is -0.150. The number of thioether (sulfide) groups is 1. The van der Waals surface area contributed by atoms with Gasteiger partial charge in [-0.05, 0) is 19.6 Å². The molecule has 0 aliphatic rings. The number of carbonyl (C=O) groups is 1. The first-order chi connectivity index (χ1) is 5.13. The van der Waals surface area contributed by atoms with Crippen LogP contribution >= 0.6 is 24.0 Å². The summed E-state index contributed by atoms with van der Waals surface area (Å²) in [5.41, 5.74) is 0. The summed E-state index contributed by atoms with van der Waals surface area (Å²) in [4.78, 5) is 11.0. The molecule has 0 heterocycles. The maximum atomic E-state index is 11.0. The number of hydrogen-bond acceptors (Lipinski definition) is 3. The van der Waals surface area contributed by atoms with Gasteiger partial charge in [0.05, 0.1) is 10.1 Å². The monoisotopic (exact) mass is 188 g/mol. The van der Waals surface area contributed by atoms with E-state index in [1.807, 2.05) is 6.26 Å². The molecule has 0 aliphatic carbocycles. The standard InChI is InChI=1S/C8H12OS2/c1-4-5-7(6(2)9)8(10)11-3/h4,7H,1,5H2,2-3H3/t7-/m1/s1. The minimum atomic E-state index is -0.113. The number of ketones is 1. The average molecular weight is 188 g/mol. The lowest BCUT2D eigenvalue weighted by Gasteiger charge is -2.09. The Balaban J connectivity index is 4.20. The molecule has 11 heavy (non-hydrogen) atoms. The maximum Gasteiger partial charge on any atom is 0.138 e. The van der Waals surface area contributed by atoms with E-state index in [9.17, 15) is 4.79 Å². The van der Waals surface area contributed by atoms with Crippen LogP contribution in [0.5, 0.6) is 0 Å². The van der Waals surface area contributed by atoms with E-state index >= 15 is 0 Å². The number of Topliss-reactive ketones (excluding diaryl/α,β-unsaturated/α-hetero) is 1. The highest BCUT2D eigenvalue weighted by atomic mass is 32.2. The third kappa shape index (κ3) is 3.68. The minimum Gasteiger partial charge on any atom is -0.299 e. The largest absolute Gasteiger partial charge is 0.299 e. The van der Waals surface area contributed by atoms with E-state index in [2.05, 4.69) is 6.58 Å². The first kappa shape index (κ1) is 10.8. The topological polar surface area (TPSA) is 17.1 Å². The van der Waals surface area contributed by atoms with Gasteiger partial charge in [-0.2, -0.15) is 0 Å². The van der Waals surface area contributed by atoms with Crippen LogP contribution in [-0.4, -0.2) is 16.2 Å². The molecular formula is C8H12OS2. The second-order valence-electron chi connectivity index (χ2n) is 2.21. The second kappa shape index (κ2) is 5.49. The zero-order valence-electron chi connectivity index (χ0n) is 6.79. The fraction of sp³-hybridized carbons (Fsp3) is 0.500. The van der Waals surface area contributed by atoms with Crippen LogP contribution in [-0.2, 0) is 4.79 Å². The van der Waals surface area contributed by atoms with Crippen molar-refractivity contribution < 1.29 is 4.79 Å². The summed E-state index contributed by atoms with van der Waals surface area (Å²) in [6.07, 6.45) is 4.28. The lowest BCUT2D eigenvalue weighted by molar-refractivity contribution is -0.118. The third-order valence-corrected chi connectivity index (χ3v) is 2.85. The summed E-state index contributed by atoms with van der Waals surface area (Å²) in [6.45, 7) is 5.14. The molecule has 0 radical (unpaired) electrons. The van der Waals surface area contributed by atoms with Crippen molar-refractivity contribution in [3.63, 3.8) is 0 Å². The molecule has 0 rings (SSSR count). The molecule has 0 aromatic heterocycles. The fourth-order valence-electron chi connectivity index (χ4n) is 0.737. The maximum absolute atomic E-state index is 11.0. The first-order valence-electron chi connectivity index (χ1n) is 3.32. The molecule has 0 spiro atoms. The Bertz CT molecular complexity index is 175. The van der Waals surface area contributed by atoms with Crippen molar-refractivity contribution >= 4 is 34.0 Å². The van der Waals surface area contributed by atoms with Crippen molar-refractivity contribution in [2.45, 2.75) is 13.3 Å². The Kier molecular flexibility index (Phi) is 5.42. The highest BCUT2D eigenvalue weighted by Crippen LogP contribution is 2.15. The lowest BCUT2D eigenvalue weighted by atomic mass is 10.0. The Morgan fingerprint density at radius 3 is 2.64 bits per heavy atom. The fourth-order valence-corrected chi connectivity index (χ4v) is 1.55. The number of allylic oxidation sites excluding steroid dienone is 1. The quantitative estimate of drug-likeness (QED) is 0.498. The molecule has 0 unspecified atom stereocenters. The van der Waals surface area contributed by atoms with Gasteiger partial charge in [-0.25, -0.2) is 0 Å². The second-order valence-corrected chi connectivity index (χ2v) is 3.76. The van der Waals surface area contributed by atoms with Crippen LogP contribution in [0.15, 0.2) is 12.7 Å². The molecule has 0 N–H and O–H groups in total. The van der Waals surface area contributed by atoms with Crippen molar-refractivity contribution in [1.29, 1.82) is 0 Å². The van der Waals surface area contributed by atoms with E-state index in [0.717, 1.165) is 4.20 Å². The van der Waals surface area contributed by atoms with Crippen LogP contribution in [0.1, 0.15) is 13.3 Å². The van der Waals surface area contributed by atoms with Gasteiger partial charge in [0.1, 0.15) is 5.78 Å². The molecule has 0 aromatic carbocycles. The Morgan fingerprint density at radius 1 is 1.82 bits per heavy atom. The SMILES string of the molecule is C=CC[C@H](C(C)=O)C(=S)SC. The van der Waals surface area contributed by atoms with Crippen molar-refractivity contribution in [1.82, 2.24) is 0 Å². The van der Waals surface area contributed by atoms with E-state index in [0.29, 0.717) is 6.42 Å². The highest BCUT2D eigenvalue weighted by molar-refractivity contribution is 8.22. The molecule has 0 aliphatic heterocycles. The van der Waals surface area contributed by atoms with Gasteiger partial charge in [0, 0.05) is 0 Å². The predicted molar refractivity (Wildman–Crippen MR) is 55.1 cm³/mol. The van der Waals surface area contributed by atoms with E-state index in [4.69, 9.17) is 12.2 Å². The van der Waals surface area contributed by atoms with Crippen molar-refractivity contribution in [2.24, 2.45) is 5.92 Å². The Morgan fingerprint density at radius 2 is 2.36 bits per heavy atom. The smallest absolute Gasteiger partial charge is 0.138 e. The molecule has 0 saturated heterocycles. The van der Waals surface area contributed by atoms with Crippen LogP contribution in [0.4, 0.5) is 0 Å². The number of thiocarbonyl (C=S) groups is 1. The summed E-state index contributed by atoms with van der Waals surface area (Å²) >= 11 is 6.48. The summed E-state index contributed by atoms with van der Waals surface area (Å²) in [7, 11) is 0. The van der Waals surface area contributed by atoms with Crippen LogP contribution in [0, 0.1) is 5.92 Å². The summed E-state index contributed by atoms with van der Waals surface area (Å²) in [6, 6.07) is 0. The molecule has 1 atom stereocenters. The van der Waals surface area contributed by atoms with Gasteiger partial charge in [-0.3, -0.25) is 4.79 Å². The van der Waals surface area contributed by atoms with Gasteiger partial charge >= 0.3 is 0 Å². The van der Waals surface area contributed by atoms with Gasteiger partial charge in [0.2, 0.25) is 0 Å². The highest BCUT2D eigenvalue weighted by Gasteiger charge is 2.16. The third-order valence-electron chi connectivity index (χ3n) is 1.38. The van der Waals surface area contributed by atoms with Crippen molar-refractivity contribution in [3.8, 4) is 0 Å². The lowest BCUT2D eigenvalue weighted by Crippen LogP contribution is -2.16. The van der Waals surface area contributed by atoms with Gasteiger partial charge < -0.3 is 0 Å². The average Bonchev–Trinajstić information content (AvgIpc) is 1.98. The predicted octanol–water partition coefficient (Wildman–Crippen LogP) is 2.46. The number of rotatable bonds is 4. The molecule has 0 fully saturated rings. The first-order valence-corrected chi connectivity index (χ1v) is 4.96. The van der Waals surface area contributed by atoms with Gasteiger partial charge in [0.15, 0.2) is 0 Å². The Labute approximate surface area is 77.2 Å². The summed E-state index contributed by atoms with van der Waals surface area (Å²) in [5.74, 6) is 0.0155. The van der Waals surface area contributed by atoms with Gasteiger partial charge in [-0.15, -0.1) is 18.3 Å². The number of carbonyl (C=O) groups excluding carboxylic acids is 1. The minimum absolute atomic E-state index is 0.113. The molecule has 0 amide bonds. The van der Waals surface area contributed by atoms with Crippen LogP contribution in [0.3, 0.4) is 0 Å². The van der Waals surface area contributed by atoms with E-state index in [-0.39, 0.29) is 11.7 Å². The normalized spacial score (nSPS) is 12.2. The zero-order chi connectivity index (χ0) is 8.85. The molecule has 3 heteroatoms. The van der Waals surface area contributed by atoms with E-state index < -0.39 is 0 Å². The molecule has 0 saturated carbocycles. The van der Waals surface area contributed by atoms with Gasteiger partial charge in [-0.1, -0.05) is 18.3 Å². The molecule has 0 bridgehead atoms. The van der Waals surface area contributed by atoms with Crippen LogP contribution in [0.2, 0.25) is 0 Å². The molecular weight excluding hydrogens is 176 g/mol. The number of hydrogen-bond donors (Lipinski definition) is 0. The summed E-state index contributed by atoms with van der Waals surface area (Å²) < 4.78 is 0.761. The summed E-state index contributed by atoms with van der Waals surface area (Å²) in [5, 5.41) is 0. The zero-order valence-corrected chi connectivity index (χ0v) is 8.43. The molecule has 62 valence electrons. The van der Waals surface area contributed by atoms with E-state index in [1.165, 1.54) is 11.8 Å². The van der Waals surface area contributed by atoms with E-state index in [1.54, 1.807) is 13.0 Å².